The molecule has 1 aromatic carbocycles. The number of ether oxygens (including phenoxy) is 2. The molecule has 0 aliphatic carbocycles. The summed E-state index contributed by atoms with van der Waals surface area (Å²) in [6.07, 6.45) is 0.732. The van der Waals surface area contributed by atoms with E-state index in [-0.39, 0.29) is 23.7 Å². The quantitative estimate of drug-likeness (QED) is 0.724. The van der Waals surface area contributed by atoms with E-state index in [9.17, 15) is 13.2 Å². The van der Waals surface area contributed by atoms with Gasteiger partial charge in [-0.1, -0.05) is 0 Å². The molecule has 0 unspecified atom stereocenters. The van der Waals surface area contributed by atoms with Gasteiger partial charge in [0.05, 0.1) is 14.2 Å². The second kappa shape index (κ2) is 6.31. The number of nitrogens with zero attached hydrogens (tertiary/aromatic N) is 2. The summed E-state index contributed by atoms with van der Waals surface area (Å²) in [5.41, 5.74) is 0. The van der Waals surface area contributed by atoms with Gasteiger partial charge in [0, 0.05) is 32.2 Å². The lowest BCUT2D eigenvalue weighted by Gasteiger charge is -2.32. The van der Waals surface area contributed by atoms with Crippen molar-refractivity contribution in [1.82, 2.24) is 9.21 Å². The van der Waals surface area contributed by atoms with Crippen LogP contribution in [0.15, 0.2) is 23.1 Å². The first-order chi connectivity index (χ1) is 10.0. The van der Waals surface area contributed by atoms with Crippen molar-refractivity contribution in [3.8, 4) is 11.5 Å². The minimum absolute atomic E-state index is 0.0731. The van der Waals surface area contributed by atoms with E-state index >= 15 is 0 Å². The Morgan fingerprint density at radius 1 is 1.10 bits per heavy atom. The number of methoxy groups -OCH3 is 2. The number of hydrogen-bond donors (Lipinski definition) is 0. The van der Waals surface area contributed by atoms with Crippen molar-refractivity contribution in [2.75, 3.05) is 40.4 Å². The number of benzene rings is 1. The van der Waals surface area contributed by atoms with Crippen molar-refractivity contribution in [3.05, 3.63) is 18.2 Å². The molecule has 7 nitrogen and oxygen atoms in total. The average Bonchev–Trinajstić information content (AvgIpc) is 2.54. The molecule has 0 radical (unpaired) electrons. The summed E-state index contributed by atoms with van der Waals surface area (Å²) in [5, 5.41) is 0. The van der Waals surface area contributed by atoms with Crippen molar-refractivity contribution in [2.45, 2.75) is 4.90 Å². The SMILES string of the molecule is COc1ccc(OC)c(S(=O)(=O)N2CCN(C=O)CC2)c1. The van der Waals surface area contributed by atoms with E-state index in [1.807, 2.05) is 0 Å². The van der Waals surface area contributed by atoms with Gasteiger partial charge < -0.3 is 14.4 Å². The predicted molar refractivity (Wildman–Crippen MR) is 75.9 cm³/mol. The molecule has 0 N–H and O–H groups in total. The largest absolute Gasteiger partial charge is 0.497 e. The predicted octanol–water partition coefficient (Wildman–Crippen LogP) is 0.167. The van der Waals surface area contributed by atoms with Crippen LogP contribution in [0.4, 0.5) is 0 Å². The third-order valence-electron chi connectivity index (χ3n) is 3.41. The van der Waals surface area contributed by atoms with Crippen LogP contribution in [0.25, 0.3) is 0 Å². The number of rotatable bonds is 5. The minimum atomic E-state index is -3.68. The molecule has 0 bridgehead atoms. The molecule has 21 heavy (non-hydrogen) atoms. The highest BCUT2D eigenvalue weighted by Crippen LogP contribution is 2.30. The standard InChI is InChI=1S/C13H18N2O5S/c1-19-11-3-4-12(20-2)13(9-11)21(17,18)15-7-5-14(10-16)6-8-15/h3-4,9-10H,5-8H2,1-2H3. The molecule has 1 aromatic rings. The first kappa shape index (κ1) is 15.6. The molecule has 1 heterocycles. The van der Waals surface area contributed by atoms with E-state index in [4.69, 9.17) is 9.47 Å². The fraction of sp³-hybridized carbons (Fsp3) is 0.462. The highest BCUT2D eigenvalue weighted by atomic mass is 32.2. The molecule has 8 heteroatoms. The molecule has 1 amide bonds. The van der Waals surface area contributed by atoms with Crippen molar-refractivity contribution < 1.29 is 22.7 Å². The van der Waals surface area contributed by atoms with Gasteiger partial charge in [0.2, 0.25) is 16.4 Å². The van der Waals surface area contributed by atoms with Crippen LogP contribution in [-0.2, 0) is 14.8 Å². The van der Waals surface area contributed by atoms with Crippen LogP contribution in [0.5, 0.6) is 11.5 Å². The molecule has 0 atom stereocenters. The highest BCUT2D eigenvalue weighted by Gasteiger charge is 2.30. The van der Waals surface area contributed by atoms with Crippen LogP contribution in [0.3, 0.4) is 0 Å². The third kappa shape index (κ3) is 3.11. The fourth-order valence-corrected chi connectivity index (χ4v) is 3.77. The second-order valence-corrected chi connectivity index (χ2v) is 6.47. The van der Waals surface area contributed by atoms with Crippen molar-refractivity contribution in [1.29, 1.82) is 0 Å². The van der Waals surface area contributed by atoms with Gasteiger partial charge in [-0.2, -0.15) is 4.31 Å². The summed E-state index contributed by atoms with van der Waals surface area (Å²) in [6.45, 7) is 1.30. The van der Waals surface area contributed by atoms with Crippen LogP contribution < -0.4 is 9.47 Å². The highest BCUT2D eigenvalue weighted by molar-refractivity contribution is 7.89. The Labute approximate surface area is 124 Å². The molecular weight excluding hydrogens is 296 g/mol. The van der Waals surface area contributed by atoms with Gasteiger partial charge in [0.15, 0.2) is 0 Å². The number of carbonyl (C=O) groups is 1. The Kier molecular flexibility index (Phi) is 4.69. The van der Waals surface area contributed by atoms with Crippen LogP contribution in [0.1, 0.15) is 0 Å². The number of piperazine rings is 1. The van der Waals surface area contributed by atoms with Crippen LogP contribution in [0, 0.1) is 0 Å². The molecular formula is C13H18N2O5S. The molecule has 1 aliphatic heterocycles. The maximum absolute atomic E-state index is 12.7. The van der Waals surface area contributed by atoms with E-state index < -0.39 is 10.0 Å². The van der Waals surface area contributed by atoms with Gasteiger partial charge in [-0.15, -0.1) is 0 Å². The lowest BCUT2D eigenvalue weighted by atomic mass is 10.3. The van der Waals surface area contributed by atoms with Crippen molar-refractivity contribution in [2.24, 2.45) is 0 Å². The summed E-state index contributed by atoms with van der Waals surface area (Å²) < 4.78 is 37.0. The minimum Gasteiger partial charge on any atom is -0.497 e. The normalized spacial score (nSPS) is 16.6. The zero-order valence-electron chi connectivity index (χ0n) is 12.0. The smallest absolute Gasteiger partial charge is 0.247 e. The summed E-state index contributed by atoms with van der Waals surface area (Å²) in [5.74, 6) is 0.717. The van der Waals surface area contributed by atoms with Gasteiger partial charge in [0.1, 0.15) is 16.4 Å². The van der Waals surface area contributed by atoms with E-state index in [1.54, 1.807) is 17.0 Å². The molecule has 0 saturated carbocycles. The Morgan fingerprint density at radius 2 is 1.76 bits per heavy atom. The lowest BCUT2D eigenvalue weighted by Crippen LogP contribution is -2.48. The van der Waals surface area contributed by atoms with Gasteiger partial charge in [-0.25, -0.2) is 8.42 Å². The van der Waals surface area contributed by atoms with E-state index in [2.05, 4.69) is 0 Å². The van der Waals surface area contributed by atoms with Crippen molar-refractivity contribution >= 4 is 16.4 Å². The summed E-state index contributed by atoms with van der Waals surface area (Å²) in [4.78, 5) is 12.3. The Balaban J connectivity index is 2.33. The average molecular weight is 314 g/mol. The first-order valence-electron chi connectivity index (χ1n) is 6.44. The molecule has 2 rings (SSSR count). The van der Waals surface area contributed by atoms with E-state index in [0.29, 0.717) is 18.8 Å². The maximum Gasteiger partial charge on any atom is 0.247 e. The Morgan fingerprint density at radius 3 is 2.29 bits per heavy atom. The van der Waals surface area contributed by atoms with Crippen molar-refractivity contribution in [3.63, 3.8) is 0 Å². The molecule has 116 valence electrons. The van der Waals surface area contributed by atoms with Crippen LogP contribution in [-0.4, -0.2) is 64.4 Å². The second-order valence-electron chi connectivity index (χ2n) is 4.56. The van der Waals surface area contributed by atoms with Gasteiger partial charge in [0.25, 0.3) is 0 Å². The van der Waals surface area contributed by atoms with E-state index in [1.165, 1.54) is 24.6 Å². The fourth-order valence-electron chi connectivity index (χ4n) is 2.17. The zero-order chi connectivity index (χ0) is 15.5. The van der Waals surface area contributed by atoms with E-state index in [0.717, 1.165) is 6.41 Å². The number of carbonyl (C=O) groups excluding carboxylic acids is 1. The lowest BCUT2D eigenvalue weighted by molar-refractivity contribution is -0.119. The summed E-state index contributed by atoms with van der Waals surface area (Å²) in [6, 6.07) is 4.65. The Hall–Kier alpha value is -1.80. The first-order valence-corrected chi connectivity index (χ1v) is 7.88. The Bertz CT molecular complexity index is 609. The van der Waals surface area contributed by atoms with Crippen LogP contribution >= 0.6 is 0 Å². The molecule has 1 aliphatic rings. The van der Waals surface area contributed by atoms with Gasteiger partial charge >= 0.3 is 0 Å². The number of hydrogen-bond acceptors (Lipinski definition) is 5. The molecule has 0 spiro atoms. The topological polar surface area (TPSA) is 76.2 Å². The molecule has 0 aromatic heterocycles. The summed E-state index contributed by atoms with van der Waals surface area (Å²) in [7, 11) is -0.788. The van der Waals surface area contributed by atoms with Crippen LogP contribution in [0.2, 0.25) is 0 Å². The summed E-state index contributed by atoms with van der Waals surface area (Å²) >= 11 is 0. The number of amides is 1. The molecule has 1 fully saturated rings. The third-order valence-corrected chi connectivity index (χ3v) is 5.33. The number of sulfonamides is 1. The zero-order valence-corrected chi connectivity index (χ0v) is 12.8. The monoisotopic (exact) mass is 314 g/mol. The molecule has 1 saturated heterocycles. The maximum atomic E-state index is 12.7. The van der Waals surface area contributed by atoms with Gasteiger partial charge in [-0.3, -0.25) is 4.79 Å². The van der Waals surface area contributed by atoms with Gasteiger partial charge in [-0.05, 0) is 12.1 Å².